The third-order valence-electron chi connectivity index (χ3n) is 3.35. The first-order chi connectivity index (χ1) is 10.3. The van der Waals surface area contributed by atoms with Gasteiger partial charge in [0.05, 0.1) is 10.6 Å². The lowest BCUT2D eigenvalue weighted by atomic mass is 10.1. The van der Waals surface area contributed by atoms with Crippen molar-refractivity contribution < 1.29 is 9.47 Å². The van der Waals surface area contributed by atoms with Crippen molar-refractivity contribution >= 4 is 23.6 Å². The summed E-state index contributed by atoms with van der Waals surface area (Å²) < 4.78 is 11.6. The number of fused-ring (bicyclic) bond motifs is 1. The fraction of sp³-hybridized carbons (Fsp3) is 0.0625. The summed E-state index contributed by atoms with van der Waals surface area (Å²) in [5.41, 5.74) is 3.22. The molecule has 0 unspecified atom stereocenters. The van der Waals surface area contributed by atoms with Gasteiger partial charge in [0.1, 0.15) is 0 Å². The summed E-state index contributed by atoms with van der Waals surface area (Å²) in [5.74, 6) is 1.56. The molecule has 0 bridgehead atoms. The predicted molar refractivity (Wildman–Crippen MR) is 86.5 cm³/mol. The molecule has 5 heteroatoms. The van der Waals surface area contributed by atoms with Crippen LogP contribution >= 0.6 is 23.6 Å². The highest BCUT2D eigenvalue weighted by atomic mass is 32.1. The number of H-pyrrole nitrogens is 1. The van der Waals surface area contributed by atoms with Crippen LogP contribution in [0.2, 0.25) is 0 Å². The van der Waals surface area contributed by atoms with Gasteiger partial charge in [0.15, 0.2) is 15.5 Å². The maximum Gasteiger partial charge on any atom is 0.231 e. The first-order valence-corrected chi connectivity index (χ1v) is 7.72. The van der Waals surface area contributed by atoms with Crippen molar-refractivity contribution in [3.05, 3.63) is 52.5 Å². The lowest BCUT2D eigenvalue weighted by Gasteiger charge is -2.05. The molecular weight excluding hydrogens is 302 g/mol. The highest BCUT2D eigenvalue weighted by molar-refractivity contribution is 7.73. The average Bonchev–Trinajstić information content (AvgIpc) is 3.13. The van der Waals surface area contributed by atoms with Gasteiger partial charge >= 0.3 is 0 Å². The van der Waals surface area contributed by atoms with Gasteiger partial charge in [0.2, 0.25) is 6.79 Å². The van der Waals surface area contributed by atoms with Crippen molar-refractivity contribution in [3.63, 3.8) is 0 Å². The molecule has 21 heavy (non-hydrogen) atoms. The topological polar surface area (TPSA) is 34.2 Å². The van der Waals surface area contributed by atoms with Crippen molar-refractivity contribution in [2.75, 3.05) is 6.79 Å². The minimum absolute atomic E-state index is 0.282. The van der Waals surface area contributed by atoms with E-state index in [1.165, 1.54) is 0 Å². The third-order valence-corrected chi connectivity index (χ3v) is 4.63. The van der Waals surface area contributed by atoms with E-state index in [1.807, 2.05) is 36.4 Å². The SMILES string of the molecule is S=c1[nH]c(-c2ccc3c(c2)OCO3)c(-c2ccccc2)s1. The minimum atomic E-state index is 0.282. The monoisotopic (exact) mass is 313 g/mol. The van der Waals surface area contributed by atoms with Crippen molar-refractivity contribution in [3.8, 4) is 33.2 Å². The molecule has 1 N–H and O–H groups in total. The molecule has 0 atom stereocenters. The molecule has 104 valence electrons. The standard InChI is InChI=1S/C16H11NO2S2/c20-16-17-14(15(21-16)10-4-2-1-3-5-10)11-6-7-12-13(8-11)19-9-18-12/h1-8H,9H2,(H,17,20). The summed E-state index contributed by atoms with van der Waals surface area (Å²) >= 11 is 6.91. The summed E-state index contributed by atoms with van der Waals surface area (Å²) in [7, 11) is 0. The average molecular weight is 313 g/mol. The summed E-state index contributed by atoms with van der Waals surface area (Å²) in [6.07, 6.45) is 0. The van der Waals surface area contributed by atoms with Gasteiger partial charge in [0, 0.05) is 5.56 Å². The first kappa shape index (κ1) is 12.6. The van der Waals surface area contributed by atoms with E-state index in [-0.39, 0.29) is 6.79 Å². The quantitative estimate of drug-likeness (QED) is 0.685. The van der Waals surface area contributed by atoms with Gasteiger partial charge in [-0.15, -0.1) is 11.3 Å². The van der Waals surface area contributed by atoms with Crippen LogP contribution in [0.3, 0.4) is 0 Å². The molecule has 0 amide bonds. The highest BCUT2D eigenvalue weighted by Gasteiger charge is 2.17. The van der Waals surface area contributed by atoms with Gasteiger partial charge in [-0.05, 0) is 36.0 Å². The molecule has 4 rings (SSSR count). The second-order valence-corrected chi connectivity index (χ2v) is 6.34. The van der Waals surface area contributed by atoms with E-state index in [1.54, 1.807) is 11.3 Å². The van der Waals surface area contributed by atoms with Gasteiger partial charge < -0.3 is 14.5 Å². The van der Waals surface area contributed by atoms with Gasteiger partial charge in [-0.2, -0.15) is 0 Å². The molecule has 3 nitrogen and oxygen atoms in total. The maximum absolute atomic E-state index is 5.45. The number of benzene rings is 2. The molecule has 0 aliphatic carbocycles. The van der Waals surface area contributed by atoms with Gasteiger partial charge in [0.25, 0.3) is 0 Å². The predicted octanol–water partition coefficient (Wildman–Crippen LogP) is 4.87. The van der Waals surface area contributed by atoms with Crippen LogP contribution in [0.5, 0.6) is 11.5 Å². The van der Waals surface area contributed by atoms with E-state index in [4.69, 9.17) is 21.7 Å². The Morgan fingerprint density at radius 2 is 1.76 bits per heavy atom. The largest absolute Gasteiger partial charge is 0.454 e. The minimum Gasteiger partial charge on any atom is -0.454 e. The summed E-state index contributed by atoms with van der Waals surface area (Å²) in [4.78, 5) is 4.43. The number of hydrogen-bond donors (Lipinski definition) is 1. The first-order valence-electron chi connectivity index (χ1n) is 6.50. The molecule has 0 saturated carbocycles. The lowest BCUT2D eigenvalue weighted by Crippen LogP contribution is -1.92. The van der Waals surface area contributed by atoms with Crippen LogP contribution in [0.25, 0.3) is 21.7 Å². The molecule has 2 heterocycles. The fourth-order valence-corrected chi connectivity index (χ4v) is 3.59. The number of thiazole rings is 1. The van der Waals surface area contributed by atoms with Gasteiger partial charge in [-0.1, -0.05) is 30.3 Å². The van der Waals surface area contributed by atoms with Gasteiger partial charge in [-0.25, -0.2) is 0 Å². The summed E-state index contributed by atoms with van der Waals surface area (Å²) in [6.45, 7) is 0.282. The molecule has 0 radical (unpaired) electrons. The third kappa shape index (κ3) is 2.24. The van der Waals surface area contributed by atoms with Crippen LogP contribution in [0.4, 0.5) is 0 Å². The second-order valence-electron chi connectivity index (χ2n) is 4.65. The Hall–Kier alpha value is -2.11. The molecule has 1 aliphatic heterocycles. The van der Waals surface area contributed by atoms with Crippen LogP contribution in [0, 0.1) is 3.95 Å². The molecular formula is C16H11NO2S2. The number of aromatic nitrogens is 1. The number of aromatic amines is 1. The number of ether oxygens (including phenoxy) is 2. The van der Waals surface area contributed by atoms with Crippen molar-refractivity contribution in [2.24, 2.45) is 0 Å². The van der Waals surface area contributed by atoms with E-state index in [0.717, 1.165) is 37.2 Å². The normalized spacial score (nSPS) is 12.6. The Labute approximate surface area is 130 Å². The molecule has 0 saturated heterocycles. The van der Waals surface area contributed by atoms with Crippen LogP contribution < -0.4 is 9.47 Å². The fourth-order valence-electron chi connectivity index (χ4n) is 2.38. The van der Waals surface area contributed by atoms with Gasteiger partial charge in [-0.3, -0.25) is 0 Å². The Bertz CT molecular complexity index is 852. The highest BCUT2D eigenvalue weighted by Crippen LogP contribution is 2.40. The lowest BCUT2D eigenvalue weighted by molar-refractivity contribution is 0.174. The Kier molecular flexibility index (Phi) is 3.02. The number of hydrogen-bond acceptors (Lipinski definition) is 4. The van der Waals surface area contributed by atoms with Crippen LogP contribution in [0.15, 0.2) is 48.5 Å². The zero-order valence-corrected chi connectivity index (χ0v) is 12.6. The molecule has 0 fully saturated rings. The number of nitrogens with one attached hydrogen (secondary N) is 1. The summed E-state index contributed by atoms with van der Waals surface area (Å²) in [6, 6.07) is 16.2. The van der Waals surface area contributed by atoms with E-state index in [0.29, 0.717) is 0 Å². The second kappa shape index (κ2) is 5.02. The maximum atomic E-state index is 5.45. The molecule has 3 aromatic rings. The number of rotatable bonds is 2. The molecule has 1 aliphatic rings. The zero-order chi connectivity index (χ0) is 14.2. The molecule has 0 spiro atoms. The van der Waals surface area contributed by atoms with E-state index in [9.17, 15) is 0 Å². The van der Waals surface area contributed by atoms with E-state index < -0.39 is 0 Å². The Balaban J connectivity index is 1.88. The summed E-state index contributed by atoms with van der Waals surface area (Å²) in [5, 5.41) is 0. The van der Waals surface area contributed by atoms with E-state index >= 15 is 0 Å². The zero-order valence-electron chi connectivity index (χ0n) is 11.0. The smallest absolute Gasteiger partial charge is 0.231 e. The van der Waals surface area contributed by atoms with Crippen LogP contribution in [-0.2, 0) is 0 Å². The van der Waals surface area contributed by atoms with Crippen LogP contribution in [-0.4, -0.2) is 11.8 Å². The van der Waals surface area contributed by atoms with Crippen molar-refractivity contribution in [2.45, 2.75) is 0 Å². The van der Waals surface area contributed by atoms with Crippen molar-refractivity contribution in [1.29, 1.82) is 0 Å². The van der Waals surface area contributed by atoms with Crippen LogP contribution in [0.1, 0.15) is 0 Å². The molecule has 2 aromatic carbocycles. The Morgan fingerprint density at radius 1 is 0.952 bits per heavy atom. The van der Waals surface area contributed by atoms with Crippen molar-refractivity contribution in [1.82, 2.24) is 4.98 Å². The van der Waals surface area contributed by atoms with E-state index in [2.05, 4.69) is 17.1 Å². The Morgan fingerprint density at radius 3 is 2.62 bits per heavy atom. The molecule has 1 aromatic heterocycles.